The highest BCUT2D eigenvalue weighted by atomic mass is 19.4. The number of aromatic nitrogens is 3. The fourth-order valence-corrected chi connectivity index (χ4v) is 5.55. The number of alkyl halides is 3. The summed E-state index contributed by atoms with van der Waals surface area (Å²) >= 11 is 0. The van der Waals surface area contributed by atoms with E-state index in [4.69, 9.17) is 4.74 Å². The molecule has 7 nitrogen and oxygen atoms in total. The van der Waals surface area contributed by atoms with Gasteiger partial charge in [0.1, 0.15) is 0 Å². The molecule has 1 aliphatic carbocycles. The van der Waals surface area contributed by atoms with Crippen LogP contribution in [0.3, 0.4) is 0 Å². The number of ether oxygens (including phenoxy) is 1. The summed E-state index contributed by atoms with van der Waals surface area (Å²) in [5.74, 6) is -0.230. The van der Waals surface area contributed by atoms with Crippen molar-refractivity contribution >= 4 is 11.6 Å². The Morgan fingerprint density at radius 2 is 2.03 bits per heavy atom. The van der Waals surface area contributed by atoms with Crippen LogP contribution in [-0.4, -0.2) is 39.7 Å². The summed E-state index contributed by atoms with van der Waals surface area (Å²) in [6.45, 7) is 3.40. The second-order valence-electron chi connectivity index (χ2n) is 10.5. The highest BCUT2D eigenvalue weighted by molar-refractivity contribution is 6.10. The molecule has 37 heavy (non-hydrogen) atoms. The van der Waals surface area contributed by atoms with Crippen molar-refractivity contribution in [2.24, 2.45) is 5.92 Å². The first-order chi connectivity index (χ1) is 17.7. The molecule has 1 atom stereocenters. The second-order valence-corrected chi connectivity index (χ2v) is 10.5. The smallest absolute Gasteiger partial charge is 0.381 e. The molecule has 194 valence electrons. The van der Waals surface area contributed by atoms with Gasteiger partial charge in [-0.15, -0.1) is 5.10 Å². The Bertz CT molecular complexity index is 1320. The third-order valence-corrected chi connectivity index (χ3v) is 7.94. The normalized spacial score (nSPS) is 19.9. The van der Waals surface area contributed by atoms with Gasteiger partial charge in [0.25, 0.3) is 5.91 Å². The van der Waals surface area contributed by atoms with Gasteiger partial charge >= 0.3 is 6.18 Å². The van der Waals surface area contributed by atoms with Gasteiger partial charge in [0.05, 0.1) is 37.6 Å². The molecule has 2 aromatic carbocycles. The van der Waals surface area contributed by atoms with E-state index in [1.54, 1.807) is 29.2 Å². The van der Waals surface area contributed by atoms with E-state index in [2.05, 4.69) is 22.6 Å². The van der Waals surface area contributed by atoms with Crippen LogP contribution in [0.4, 0.5) is 18.9 Å². The first-order valence-corrected chi connectivity index (χ1v) is 12.6. The lowest BCUT2D eigenvalue weighted by Gasteiger charge is -2.39. The van der Waals surface area contributed by atoms with Crippen molar-refractivity contribution in [1.29, 1.82) is 0 Å². The van der Waals surface area contributed by atoms with Gasteiger partial charge in [-0.1, -0.05) is 17.3 Å². The average molecular weight is 512 g/mol. The minimum absolute atomic E-state index is 0.0294. The molecule has 1 N–H and O–H groups in total. The number of halogens is 3. The van der Waals surface area contributed by atoms with Crippen LogP contribution in [0.2, 0.25) is 0 Å². The molecule has 2 aliphatic heterocycles. The van der Waals surface area contributed by atoms with E-state index in [-0.39, 0.29) is 35.2 Å². The summed E-state index contributed by atoms with van der Waals surface area (Å²) in [6, 6.07) is 10.1. The quantitative estimate of drug-likeness (QED) is 0.497. The fraction of sp³-hybridized carbons (Fsp3) is 0.444. The Morgan fingerprint density at radius 3 is 2.65 bits per heavy atom. The molecular formula is C27H28F3N5O2. The van der Waals surface area contributed by atoms with Crippen molar-refractivity contribution in [3.05, 3.63) is 76.6 Å². The number of nitrogens with one attached hydrogen (secondary N) is 1. The SMILES string of the molecule is CC1(NCc2cc3c(c(C(F)(F)F)c2)CN(c2cccc(C(C4COC4)n4ccnn4)c2)C3=O)CCC1. The van der Waals surface area contributed by atoms with Gasteiger partial charge < -0.3 is 15.0 Å². The van der Waals surface area contributed by atoms with Crippen molar-refractivity contribution in [3.63, 3.8) is 0 Å². The number of amides is 1. The van der Waals surface area contributed by atoms with Gasteiger partial charge in [0.2, 0.25) is 0 Å². The maximum Gasteiger partial charge on any atom is 0.416 e. The molecular weight excluding hydrogens is 483 g/mol. The molecule has 1 saturated carbocycles. The van der Waals surface area contributed by atoms with Gasteiger partial charge in [-0.2, -0.15) is 13.2 Å². The second kappa shape index (κ2) is 8.95. The third-order valence-electron chi connectivity index (χ3n) is 7.94. The molecule has 0 spiro atoms. The van der Waals surface area contributed by atoms with Gasteiger partial charge in [-0.3, -0.25) is 4.79 Å². The predicted octanol–water partition coefficient (Wildman–Crippen LogP) is 4.73. The summed E-state index contributed by atoms with van der Waals surface area (Å²) < 4.78 is 49.5. The van der Waals surface area contributed by atoms with Crippen molar-refractivity contribution in [3.8, 4) is 0 Å². The zero-order valence-electron chi connectivity index (χ0n) is 20.5. The van der Waals surface area contributed by atoms with Crippen LogP contribution in [0.15, 0.2) is 48.8 Å². The standard InChI is InChI=1S/C27H28F3N5O2/c1-26(6-3-7-26)31-13-17-10-21-22(23(11-17)27(28,29)30)14-34(25(21)36)20-5-2-4-18(12-20)24(19-15-37-16-19)35-9-8-32-33-35/h2,4-5,8-12,19,24,31H,3,6-7,13-16H2,1H3. The third kappa shape index (κ3) is 4.42. The lowest BCUT2D eigenvalue weighted by molar-refractivity contribution is -0.138. The molecule has 6 rings (SSSR count). The van der Waals surface area contributed by atoms with E-state index in [1.807, 2.05) is 18.2 Å². The van der Waals surface area contributed by atoms with Crippen LogP contribution in [0.5, 0.6) is 0 Å². The summed E-state index contributed by atoms with van der Waals surface area (Å²) in [6.07, 6.45) is 1.93. The van der Waals surface area contributed by atoms with Gasteiger partial charge in [-0.25, -0.2) is 4.68 Å². The Morgan fingerprint density at radius 1 is 1.22 bits per heavy atom. The van der Waals surface area contributed by atoms with E-state index in [9.17, 15) is 18.0 Å². The molecule has 3 heterocycles. The predicted molar refractivity (Wildman–Crippen MR) is 130 cm³/mol. The molecule has 0 radical (unpaired) electrons. The number of hydrogen-bond acceptors (Lipinski definition) is 5. The highest BCUT2D eigenvalue weighted by Gasteiger charge is 2.41. The van der Waals surface area contributed by atoms with Gasteiger partial charge in [0.15, 0.2) is 0 Å². The zero-order valence-corrected chi connectivity index (χ0v) is 20.5. The molecule has 3 aliphatic rings. The van der Waals surface area contributed by atoms with Crippen LogP contribution >= 0.6 is 0 Å². The zero-order chi connectivity index (χ0) is 25.8. The monoisotopic (exact) mass is 511 g/mol. The summed E-state index contributed by atoms with van der Waals surface area (Å²) in [4.78, 5) is 14.9. The molecule has 1 aromatic heterocycles. The van der Waals surface area contributed by atoms with E-state index >= 15 is 0 Å². The molecule has 2 fully saturated rings. The van der Waals surface area contributed by atoms with Crippen molar-refractivity contribution in [2.45, 2.75) is 57.0 Å². The number of rotatable bonds is 7. The first-order valence-electron chi connectivity index (χ1n) is 12.6. The molecule has 1 unspecified atom stereocenters. The van der Waals surface area contributed by atoms with Gasteiger partial charge in [-0.05, 0) is 67.1 Å². The molecule has 0 bridgehead atoms. The van der Waals surface area contributed by atoms with E-state index in [0.29, 0.717) is 31.0 Å². The Kier molecular flexibility index (Phi) is 5.83. The Hall–Kier alpha value is -3.24. The number of nitrogens with zero attached hydrogens (tertiary/aromatic N) is 4. The highest BCUT2D eigenvalue weighted by Crippen LogP contribution is 2.41. The number of fused-ring (bicyclic) bond motifs is 1. The molecule has 3 aromatic rings. The number of hydrogen-bond donors (Lipinski definition) is 1. The van der Waals surface area contributed by atoms with Crippen LogP contribution < -0.4 is 10.2 Å². The molecule has 1 saturated heterocycles. The summed E-state index contributed by atoms with van der Waals surface area (Å²) in [5.41, 5.74) is 1.28. The van der Waals surface area contributed by atoms with Crippen LogP contribution in [0, 0.1) is 5.92 Å². The van der Waals surface area contributed by atoms with E-state index in [1.165, 1.54) is 11.0 Å². The number of carbonyl (C=O) groups excluding carboxylic acids is 1. The number of anilines is 1. The maximum absolute atomic E-state index is 14.1. The van der Waals surface area contributed by atoms with Crippen LogP contribution in [0.1, 0.15) is 64.8 Å². The lowest BCUT2D eigenvalue weighted by Crippen LogP contribution is -2.47. The summed E-state index contributed by atoms with van der Waals surface area (Å²) in [5, 5.41) is 11.5. The average Bonchev–Trinajstić information content (AvgIpc) is 3.46. The topological polar surface area (TPSA) is 72.3 Å². The largest absolute Gasteiger partial charge is 0.416 e. The first kappa shape index (κ1) is 24.1. The number of carbonyl (C=O) groups is 1. The summed E-state index contributed by atoms with van der Waals surface area (Å²) in [7, 11) is 0. The van der Waals surface area contributed by atoms with Crippen LogP contribution in [0.25, 0.3) is 0 Å². The van der Waals surface area contributed by atoms with Crippen molar-refractivity contribution < 1.29 is 22.7 Å². The van der Waals surface area contributed by atoms with Crippen molar-refractivity contribution in [1.82, 2.24) is 20.3 Å². The molecule has 10 heteroatoms. The Balaban J connectivity index is 1.32. The van der Waals surface area contributed by atoms with Gasteiger partial charge in [0, 0.05) is 35.4 Å². The minimum atomic E-state index is -4.55. The van der Waals surface area contributed by atoms with E-state index in [0.717, 1.165) is 24.8 Å². The van der Waals surface area contributed by atoms with Crippen LogP contribution in [-0.2, 0) is 24.0 Å². The molecule has 1 amide bonds. The fourth-order valence-electron chi connectivity index (χ4n) is 5.55. The minimum Gasteiger partial charge on any atom is -0.381 e. The Labute approximate surface area is 212 Å². The lowest BCUT2D eigenvalue weighted by atomic mass is 9.78. The number of benzene rings is 2. The maximum atomic E-state index is 14.1. The van der Waals surface area contributed by atoms with Crippen molar-refractivity contribution in [2.75, 3.05) is 18.1 Å². The van der Waals surface area contributed by atoms with E-state index < -0.39 is 17.6 Å².